The van der Waals surface area contributed by atoms with Gasteiger partial charge >= 0.3 is 0 Å². The topological polar surface area (TPSA) is 75.7 Å². The maximum absolute atomic E-state index is 12.9. The Bertz CT molecular complexity index is 1130. The van der Waals surface area contributed by atoms with E-state index in [4.69, 9.17) is 4.74 Å². The number of carbonyl (C=O) groups is 1. The summed E-state index contributed by atoms with van der Waals surface area (Å²) in [6, 6.07) is 22.4. The first-order valence-corrected chi connectivity index (χ1v) is 11.4. The van der Waals surface area contributed by atoms with Gasteiger partial charge in [0.2, 0.25) is 0 Å². The lowest BCUT2D eigenvalue weighted by Gasteiger charge is -2.22. The number of hydrogen-bond donors (Lipinski definition) is 1. The number of benzene rings is 3. The molecule has 3 aromatic rings. The van der Waals surface area contributed by atoms with Gasteiger partial charge < -0.3 is 10.1 Å². The van der Waals surface area contributed by atoms with Crippen molar-refractivity contribution in [1.82, 2.24) is 5.32 Å². The second-order valence-electron chi connectivity index (χ2n) is 7.29. The van der Waals surface area contributed by atoms with E-state index in [2.05, 4.69) is 5.32 Å². The summed E-state index contributed by atoms with van der Waals surface area (Å²) in [5.74, 6) is 0.499. The quantitative estimate of drug-likeness (QED) is 0.576. The molecule has 0 aliphatic heterocycles. The van der Waals surface area contributed by atoms with Crippen LogP contribution in [0.1, 0.15) is 22.8 Å². The van der Waals surface area contributed by atoms with Gasteiger partial charge in [-0.3, -0.25) is 9.10 Å². The highest BCUT2D eigenvalue weighted by molar-refractivity contribution is 7.92. The number of nitrogens with one attached hydrogen (secondary N) is 1. The normalized spacial score (nSPS) is 12.1. The van der Waals surface area contributed by atoms with E-state index in [9.17, 15) is 13.2 Å². The van der Waals surface area contributed by atoms with Crippen molar-refractivity contribution >= 4 is 21.6 Å². The fourth-order valence-corrected chi connectivity index (χ4v) is 4.40. The number of ether oxygens (including phenoxy) is 1. The Morgan fingerprint density at radius 1 is 1.00 bits per heavy atom. The largest absolute Gasteiger partial charge is 0.491 e. The molecule has 1 N–H and O–H groups in total. The van der Waals surface area contributed by atoms with Crippen molar-refractivity contribution in [1.29, 1.82) is 0 Å². The van der Waals surface area contributed by atoms with Gasteiger partial charge in [-0.1, -0.05) is 36.4 Å². The Hall–Kier alpha value is -3.32. The summed E-state index contributed by atoms with van der Waals surface area (Å²) >= 11 is 0. The van der Waals surface area contributed by atoms with E-state index in [1.54, 1.807) is 55.5 Å². The number of aryl methyl sites for hydroxylation is 1. The van der Waals surface area contributed by atoms with E-state index in [-0.39, 0.29) is 16.8 Å². The van der Waals surface area contributed by atoms with Crippen molar-refractivity contribution in [2.24, 2.45) is 0 Å². The Kier molecular flexibility index (Phi) is 6.97. The zero-order valence-electron chi connectivity index (χ0n) is 17.8. The van der Waals surface area contributed by atoms with Gasteiger partial charge in [0.15, 0.2) is 0 Å². The van der Waals surface area contributed by atoms with Gasteiger partial charge in [-0.05, 0) is 61.9 Å². The van der Waals surface area contributed by atoms with Crippen LogP contribution in [0.5, 0.6) is 5.75 Å². The molecule has 0 heterocycles. The molecule has 0 unspecified atom stereocenters. The number of sulfonamides is 1. The van der Waals surface area contributed by atoms with Gasteiger partial charge in [0.1, 0.15) is 12.4 Å². The molecule has 0 saturated carbocycles. The van der Waals surface area contributed by atoms with Crippen LogP contribution >= 0.6 is 0 Å². The van der Waals surface area contributed by atoms with Crippen LogP contribution in [0, 0.1) is 6.92 Å². The highest BCUT2D eigenvalue weighted by Gasteiger charge is 2.23. The average molecular weight is 439 g/mol. The van der Waals surface area contributed by atoms with Gasteiger partial charge in [0.25, 0.3) is 15.9 Å². The molecule has 0 radical (unpaired) electrons. The molecule has 3 aromatic carbocycles. The van der Waals surface area contributed by atoms with Crippen LogP contribution in [-0.2, 0) is 10.0 Å². The van der Waals surface area contributed by atoms with Gasteiger partial charge in [-0.15, -0.1) is 0 Å². The molecule has 162 valence electrons. The number of rotatable bonds is 8. The van der Waals surface area contributed by atoms with Crippen LogP contribution in [0.25, 0.3) is 0 Å². The van der Waals surface area contributed by atoms with Crippen LogP contribution in [-0.4, -0.2) is 34.0 Å². The molecule has 0 saturated heterocycles. The van der Waals surface area contributed by atoms with Crippen LogP contribution in [0.15, 0.2) is 83.8 Å². The second kappa shape index (κ2) is 9.66. The van der Waals surface area contributed by atoms with E-state index in [0.29, 0.717) is 23.4 Å². The van der Waals surface area contributed by atoms with E-state index in [1.165, 1.54) is 11.4 Å². The Balaban J connectivity index is 1.67. The standard InChI is InChI=1S/C24H26N2O4S/c1-18-16-20(24(27)25-19(2)17-30-21-10-6-4-7-11-21)14-15-23(18)26(3)31(28,29)22-12-8-5-9-13-22/h4-16,19H,17H2,1-3H3,(H,25,27)/t19-/m0/s1. The third-order valence-corrected chi connectivity index (χ3v) is 6.61. The number of nitrogens with zero attached hydrogens (tertiary/aromatic N) is 1. The summed E-state index contributed by atoms with van der Waals surface area (Å²) < 4.78 is 32.6. The molecule has 1 atom stereocenters. The minimum absolute atomic E-state index is 0.200. The summed E-state index contributed by atoms with van der Waals surface area (Å²) in [7, 11) is -2.18. The fourth-order valence-electron chi connectivity index (χ4n) is 3.12. The number of hydrogen-bond acceptors (Lipinski definition) is 4. The number of amides is 1. The molecule has 0 bridgehead atoms. The highest BCUT2D eigenvalue weighted by Crippen LogP contribution is 2.26. The first kappa shape index (κ1) is 22.4. The van der Waals surface area contributed by atoms with Crippen molar-refractivity contribution in [3.8, 4) is 5.75 Å². The van der Waals surface area contributed by atoms with Gasteiger partial charge in [-0.25, -0.2) is 8.42 Å². The van der Waals surface area contributed by atoms with Crippen molar-refractivity contribution in [3.05, 3.63) is 90.0 Å². The van der Waals surface area contributed by atoms with Crippen LogP contribution in [0.3, 0.4) is 0 Å². The zero-order valence-corrected chi connectivity index (χ0v) is 18.6. The van der Waals surface area contributed by atoms with Crippen molar-refractivity contribution in [2.75, 3.05) is 18.0 Å². The summed E-state index contributed by atoms with van der Waals surface area (Å²) in [6.07, 6.45) is 0. The fraction of sp³-hybridized carbons (Fsp3) is 0.208. The third kappa shape index (κ3) is 5.44. The Morgan fingerprint density at radius 3 is 2.23 bits per heavy atom. The first-order valence-electron chi connectivity index (χ1n) is 9.92. The number of anilines is 1. The van der Waals surface area contributed by atoms with Gasteiger partial charge in [0.05, 0.1) is 16.6 Å². The monoisotopic (exact) mass is 438 g/mol. The molecular formula is C24H26N2O4S. The summed E-state index contributed by atoms with van der Waals surface area (Å²) in [5, 5.41) is 2.90. The lowest BCUT2D eigenvalue weighted by atomic mass is 10.1. The molecule has 0 aromatic heterocycles. The SMILES string of the molecule is Cc1cc(C(=O)N[C@@H](C)COc2ccccc2)ccc1N(C)S(=O)(=O)c1ccccc1. The smallest absolute Gasteiger partial charge is 0.264 e. The predicted octanol–water partition coefficient (Wildman–Crippen LogP) is 4.02. The van der Waals surface area contributed by atoms with Crippen molar-refractivity contribution in [2.45, 2.75) is 24.8 Å². The van der Waals surface area contributed by atoms with Crippen LogP contribution < -0.4 is 14.4 Å². The molecule has 31 heavy (non-hydrogen) atoms. The van der Waals surface area contributed by atoms with Crippen molar-refractivity contribution < 1.29 is 17.9 Å². The Labute approximate surface area is 183 Å². The molecule has 0 aliphatic carbocycles. The molecule has 3 rings (SSSR count). The lowest BCUT2D eigenvalue weighted by molar-refractivity contribution is 0.0926. The predicted molar refractivity (Wildman–Crippen MR) is 122 cm³/mol. The first-order chi connectivity index (χ1) is 14.8. The molecule has 0 aliphatic rings. The summed E-state index contributed by atoms with van der Waals surface area (Å²) in [5.41, 5.74) is 1.65. The van der Waals surface area contributed by atoms with E-state index >= 15 is 0 Å². The molecule has 0 spiro atoms. The molecule has 0 fully saturated rings. The summed E-state index contributed by atoms with van der Waals surface area (Å²) in [6.45, 7) is 3.98. The Morgan fingerprint density at radius 2 is 1.61 bits per heavy atom. The number of para-hydroxylation sites is 1. The zero-order chi connectivity index (χ0) is 22.4. The van der Waals surface area contributed by atoms with Gasteiger partial charge in [0, 0.05) is 12.6 Å². The lowest BCUT2D eigenvalue weighted by Crippen LogP contribution is -2.36. The minimum Gasteiger partial charge on any atom is -0.491 e. The third-order valence-electron chi connectivity index (χ3n) is 4.82. The van der Waals surface area contributed by atoms with Gasteiger partial charge in [-0.2, -0.15) is 0 Å². The van der Waals surface area contributed by atoms with Crippen LogP contribution in [0.4, 0.5) is 5.69 Å². The van der Waals surface area contributed by atoms with Crippen LogP contribution in [0.2, 0.25) is 0 Å². The molecule has 7 heteroatoms. The average Bonchev–Trinajstić information content (AvgIpc) is 2.78. The highest BCUT2D eigenvalue weighted by atomic mass is 32.2. The van der Waals surface area contributed by atoms with E-state index in [0.717, 1.165) is 5.75 Å². The molecule has 1 amide bonds. The van der Waals surface area contributed by atoms with E-state index in [1.807, 2.05) is 37.3 Å². The maximum Gasteiger partial charge on any atom is 0.264 e. The molecule has 6 nitrogen and oxygen atoms in total. The summed E-state index contributed by atoms with van der Waals surface area (Å²) in [4.78, 5) is 12.8. The number of carbonyl (C=O) groups excluding carboxylic acids is 1. The second-order valence-corrected chi connectivity index (χ2v) is 9.25. The minimum atomic E-state index is -3.68. The van der Waals surface area contributed by atoms with E-state index < -0.39 is 10.0 Å². The molecular weight excluding hydrogens is 412 g/mol. The van der Waals surface area contributed by atoms with Crippen molar-refractivity contribution in [3.63, 3.8) is 0 Å². The maximum atomic E-state index is 12.9.